The van der Waals surface area contributed by atoms with E-state index in [-0.39, 0.29) is 12.3 Å². The van der Waals surface area contributed by atoms with Gasteiger partial charge >= 0.3 is 0 Å². The van der Waals surface area contributed by atoms with Gasteiger partial charge in [0, 0.05) is 20.1 Å². The highest BCUT2D eigenvalue weighted by molar-refractivity contribution is 6.40. The second-order valence-corrected chi connectivity index (χ2v) is 4.60. The lowest BCUT2D eigenvalue weighted by Crippen LogP contribution is -2.40. The standard InChI is InChI=1S/C14H18N4O3/c1-21-8-7-16-14(20)11-9-12(13(15)19)18(17-11)10-5-3-2-4-6-10/h2-6,12H,7-9H2,1H3,(H2,15,19)(H,16,20)/t12-/m1/s1. The summed E-state index contributed by atoms with van der Waals surface area (Å²) in [5.74, 6) is -0.820. The predicted octanol–water partition coefficient (Wildman–Crippen LogP) is -0.131. The number of hydrogen-bond donors (Lipinski definition) is 2. The SMILES string of the molecule is COCCNC(=O)C1=NN(c2ccccc2)[C@@H](C(N)=O)C1. The Balaban J connectivity index is 2.14. The van der Waals surface area contributed by atoms with Gasteiger partial charge in [-0.05, 0) is 12.1 Å². The molecule has 1 atom stereocenters. The molecule has 7 heteroatoms. The smallest absolute Gasteiger partial charge is 0.267 e. The van der Waals surface area contributed by atoms with Crippen molar-refractivity contribution in [3.63, 3.8) is 0 Å². The van der Waals surface area contributed by atoms with Gasteiger partial charge in [-0.2, -0.15) is 5.10 Å². The van der Waals surface area contributed by atoms with E-state index in [1.54, 1.807) is 7.11 Å². The second kappa shape index (κ2) is 6.85. The lowest BCUT2D eigenvalue weighted by Gasteiger charge is -2.20. The summed E-state index contributed by atoms with van der Waals surface area (Å²) in [5, 5.41) is 8.41. The average molecular weight is 290 g/mol. The molecule has 21 heavy (non-hydrogen) atoms. The molecular weight excluding hydrogens is 272 g/mol. The molecule has 0 unspecified atom stereocenters. The molecule has 7 nitrogen and oxygen atoms in total. The van der Waals surface area contributed by atoms with Crippen molar-refractivity contribution in [2.75, 3.05) is 25.3 Å². The average Bonchev–Trinajstić information content (AvgIpc) is 2.94. The molecule has 1 aliphatic rings. The van der Waals surface area contributed by atoms with Crippen molar-refractivity contribution in [2.24, 2.45) is 10.8 Å². The van der Waals surface area contributed by atoms with Crippen LogP contribution in [0.5, 0.6) is 0 Å². The van der Waals surface area contributed by atoms with Crippen LogP contribution in [0.2, 0.25) is 0 Å². The van der Waals surface area contributed by atoms with Crippen LogP contribution in [0, 0.1) is 0 Å². The molecule has 0 radical (unpaired) electrons. The van der Waals surface area contributed by atoms with Crippen molar-refractivity contribution in [1.82, 2.24) is 5.32 Å². The monoisotopic (exact) mass is 290 g/mol. The van der Waals surface area contributed by atoms with E-state index in [2.05, 4.69) is 10.4 Å². The molecule has 1 heterocycles. The Bertz CT molecular complexity index is 544. The topological polar surface area (TPSA) is 97.0 Å². The van der Waals surface area contributed by atoms with Crippen LogP contribution >= 0.6 is 0 Å². The minimum absolute atomic E-state index is 0.197. The summed E-state index contributed by atoms with van der Waals surface area (Å²) < 4.78 is 4.87. The van der Waals surface area contributed by atoms with Gasteiger partial charge in [0.15, 0.2) is 0 Å². The number of nitrogens with two attached hydrogens (primary N) is 1. The summed E-state index contributed by atoms with van der Waals surface area (Å²) in [4.78, 5) is 23.6. The van der Waals surface area contributed by atoms with Gasteiger partial charge < -0.3 is 15.8 Å². The number of anilines is 1. The van der Waals surface area contributed by atoms with Crippen LogP contribution in [0.15, 0.2) is 35.4 Å². The molecule has 0 fully saturated rings. The predicted molar refractivity (Wildman–Crippen MR) is 78.8 cm³/mol. The number of methoxy groups -OCH3 is 1. The van der Waals surface area contributed by atoms with Crippen molar-refractivity contribution in [2.45, 2.75) is 12.5 Å². The van der Waals surface area contributed by atoms with Crippen LogP contribution in [-0.4, -0.2) is 43.8 Å². The van der Waals surface area contributed by atoms with E-state index in [1.807, 2.05) is 30.3 Å². The third-order valence-electron chi connectivity index (χ3n) is 3.11. The fourth-order valence-electron chi connectivity index (χ4n) is 2.06. The summed E-state index contributed by atoms with van der Waals surface area (Å²) >= 11 is 0. The Hall–Kier alpha value is -2.41. The van der Waals surface area contributed by atoms with Gasteiger partial charge in [0.2, 0.25) is 5.91 Å². The van der Waals surface area contributed by atoms with E-state index in [0.717, 1.165) is 5.69 Å². The van der Waals surface area contributed by atoms with Crippen LogP contribution in [0.3, 0.4) is 0 Å². The van der Waals surface area contributed by atoms with Crippen LogP contribution in [-0.2, 0) is 14.3 Å². The summed E-state index contributed by atoms with van der Waals surface area (Å²) in [5.41, 5.74) is 6.42. The lowest BCUT2D eigenvalue weighted by molar-refractivity contribution is -0.119. The highest BCUT2D eigenvalue weighted by Crippen LogP contribution is 2.24. The molecule has 0 saturated carbocycles. The number of amides is 2. The van der Waals surface area contributed by atoms with Crippen LogP contribution in [0.4, 0.5) is 5.69 Å². The van der Waals surface area contributed by atoms with Gasteiger partial charge in [-0.25, -0.2) is 0 Å². The summed E-state index contributed by atoms with van der Waals surface area (Å²) in [7, 11) is 1.56. The number of benzene rings is 1. The molecule has 2 rings (SSSR count). The van der Waals surface area contributed by atoms with Gasteiger partial charge in [-0.3, -0.25) is 14.6 Å². The van der Waals surface area contributed by atoms with E-state index in [0.29, 0.717) is 18.9 Å². The molecule has 112 valence electrons. The number of carbonyl (C=O) groups is 2. The van der Waals surface area contributed by atoms with Crippen molar-refractivity contribution < 1.29 is 14.3 Å². The van der Waals surface area contributed by atoms with Gasteiger partial charge in [0.25, 0.3) is 5.91 Å². The molecular formula is C14H18N4O3. The number of hydrazone groups is 1. The third-order valence-corrected chi connectivity index (χ3v) is 3.11. The third kappa shape index (κ3) is 3.57. The number of primary amides is 1. The Kier molecular flexibility index (Phi) is 4.89. The molecule has 0 saturated heterocycles. The van der Waals surface area contributed by atoms with E-state index in [9.17, 15) is 9.59 Å². The Morgan fingerprint density at radius 3 is 2.76 bits per heavy atom. The summed E-state index contributed by atoms with van der Waals surface area (Å²) in [6, 6.07) is 8.51. The van der Waals surface area contributed by atoms with Gasteiger partial charge in [-0.15, -0.1) is 0 Å². The zero-order valence-electron chi connectivity index (χ0n) is 11.8. The number of carbonyl (C=O) groups excluding carboxylic acids is 2. The highest BCUT2D eigenvalue weighted by atomic mass is 16.5. The maximum Gasteiger partial charge on any atom is 0.267 e. The first-order chi connectivity index (χ1) is 10.1. The van der Waals surface area contributed by atoms with Crippen LogP contribution in [0.1, 0.15) is 6.42 Å². The number of nitrogens with zero attached hydrogens (tertiary/aromatic N) is 2. The van der Waals surface area contributed by atoms with E-state index >= 15 is 0 Å². The number of para-hydroxylation sites is 1. The minimum Gasteiger partial charge on any atom is -0.383 e. The summed E-state index contributed by atoms with van der Waals surface area (Å²) in [6.07, 6.45) is 0.197. The quantitative estimate of drug-likeness (QED) is 0.713. The first-order valence-corrected chi connectivity index (χ1v) is 6.61. The maximum atomic E-state index is 12.0. The van der Waals surface area contributed by atoms with Gasteiger partial charge in [0.1, 0.15) is 11.8 Å². The zero-order chi connectivity index (χ0) is 15.2. The Morgan fingerprint density at radius 1 is 1.43 bits per heavy atom. The molecule has 0 aromatic heterocycles. The number of nitrogens with one attached hydrogen (secondary N) is 1. The molecule has 0 aliphatic carbocycles. The number of ether oxygens (including phenoxy) is 1. The molecule has 1 aromatic rings. The minimum atomic E-state index is -0.643. The van der Waals surface area contributed by atoms with E-state index in [1.165, 1.54) is 5.01 Å². The first kappa shape index (κ1) is 15.0. The molecule has 2 amide bonds. The Labute approximate surface area is 122 Å². The normalized spacial score (nSPS) is 17.5. The fourth-order valence-corrected chi connectivity index (χ4v) is 2.06. The second-order valence-electron chi connectivity index (χ2n) is 4.60. The van der Waals surface area contributed by atoms with Crippen molar-refractivity contribution in [3.05, 3.63) is 30.3 Å². The largest absolute Gasteiger partial charge is 0.383 e. The molecule has 0 bridgehead atoms. The fraction of sp³-hybridized carbons (Fsp3) is 0.357. The molecule has 1 aliphatic heterocycles. The van der Waals surface area contributed by atoms with Crippen LogP contribution in [0.25, 0.3) is 0 Å². The first-order valence-electron chi connectivity index (χ1n) is 6.61. The molecule has 3 N–H and O–H groups in total. The lowest BCUT2D eigenvalue weighted by atomic mass is 10.1. The number of rotatable bonds is 6. The van der Waals surface area contributed by atoms with Crippen molar-refractivity contribution >= 4 is 23.2 Å². The maximum absolute atomic E-state index is 12.0. The molecule has 0 spiro atoms. The van der Waals surface area contributed by atoms with Crippen molar-refractivity contribution in [1.29, 1.82) is 0 Å². The van der Waals surface area contributed by atoms with Gasteiger partial charge in [0.05, 0.1) is 12.3 Å². The molecule has 1 aromatic carbocycles. The van der Waals surface area contributed by atoms with E-state index < -0.39 is 11.9 Å². The Morgan fingerprint density at radius 2 is 2.14 bits per heavy atom. The number of hydrogen-bond acceptors (Lipinski definition) is 5. The highest BCUT2D eigenvalue weighted by Gasteiger charge is 2.34. The van der Waals surface area contributed by atoms with Crippen LogP contribution < -0.4 is 16.1 Å². The summed E-state index contributed by atoms with van der Waals surface area (Å²) in [6.45, 7) is 0.807. The van der Waals surface area contributed by atoms with Gasteiger partial charge in [-0.1, -0.05) is 18.2 Å². The zero-order valence-corrected chi connectivity index (χ0v) is 11.8. The van der Waals surface area contributed by atoms with E-state index in [4.69, 9.17) is 10.5 Å². The van der Waals surface area contributed by atoms with Crippen molar-refractivity contribution in [3.8, 4) is 0 Å².